The fourth-order valence-electron chi connectivity index (χ4n) is 2.82. The molecule has 3 nitrogen and oxygen atoms in total. The normalized spacial score (nSPS) is 21.2. The van der Waals surface area contributed by atoms with Crippen LogP contribution in [0.15, 0.2) is 18.2 Å². The van der Waals surface area contributed by atoms with Crippen LogP contribution in [0.25, 0.3) is 0 Å². The molecule has 4 heteroatoms. The van der Waals surface area contributed by atoms with Crippen LogP contribution in [0, 0.1) is 11.3 Å². The SMILES string of the molecule is CCC1(CC)CC(Nc2ccc(C#N)c(Cl)c2)CCO1. The number of ether oxygens (including phenoxy) is 1. The molecule has 1 aliphatic rings. The van der Waals surface area contributed by atoms with E-state index in [4.69, 9.17) is 21.6 Å². The van der Waals surface area contributed by atoms with E-state index in [9.17, 15) is 0 Å². The Morgan fingerprint density at radius 1 is 1.45 bits per heavy atom. The minimum absolute atomic E-state index is 0.00626. The highest BCUT2D eigenvalue weighted by Gasteiger charge is 2.34. The van der Waals surface area contributed by atoms with Gasteiger partial charge in [0.1, 0.15) is 6.07 Å². The second kappa shape index (κ2) is 6.47. The fourth-order valence-corrected chi connectivity index (χ4v) is 3.05. The predicted molar refractivity (Wildman–Crippen MR) is 82.1 cm³/mol. The summed E-state index contributed by atoms with van der Waals surface area (Å²) in [5, 5.41) is 12.9. The lowest BCUT2D eigenvalue weighted by atomic mass is 9.86. The summed E-state index contributed by atoms with van der Waals surface area (Å²) in [4.78, 5) is 0. The molecule has 1 fully saturated rings. The van der Waals surface area contributed by atoms with E-state index in [0.29, 0.717) is 16.6 Å². The number of anilines is 1. The van der Waals surface area contributed by atoms with Crippen LogP contribution in [0.5, 0.6) is 0 Å². The van der Waals surface area contributed by atoms with Crippen LogP contribution < -0.4 is 5.32 Å². The summed E-state index contributed by atoms with van der Waals surface area (Å²) in [6, 6.07) is 7.98. The molecule has 1 aromatic carbocycles. The first-order chi connectivity index (χ1) is 9.62. The average Bonchev–Trinajstić information content (AvgIpc) is 2.47. The zero-order valence-corrected chi connectivity index (χ0v) is 12.8. The number of benzene rings is 1. The minimum Gasteiger partial charge on any atom is -0.382 e. The molecule has 1 heterocycles. The van der Waals surface area contributed by atoms with E-state index in [1.165, 1.54) is 0 Å². The Kier molecular flexibility index (Phi) is 4.91. The van der Waals surface area contributed by atoms with Gasteiger partial charge >= 0.3 is 0 Å². The molecular weight excluding hydrogens is 272 g/mol. The van der Waals surface area contributed by atoms with Gasteiger partial charge in [0, 0.05) is 18.3 Å². The molecule has 0 aliphatic carbocycles. The number of nitriles is 1. The molecular formula is C16H21ClN2O. The minimum atomic E-state index is 0.00626. The third-order valence-electron chi connectivity index (χ3n) is 4.24. The third kappa shape index (κ3) is 3.26. The van der Waals surface area contributed by atoms with Gasteiger partial charge in [-0.3, -0.25) is 0 Å². The summed E-state index contributed by atoms with van der Waals surface area (Å²) >= 11 is 6.07. The maximum absolute atomic E-state index is 8.89. The smallest absolute Gasteiger partial charge is 0.101 e. The standard InChI is InChI=1S/C16H21ClN2O/c1-3-16(4-2)10-14(7-8-20-16)19-13-6-5-12(11-18)15(17)9-13/h5-6,9,14,19H,3-4,7-8,10H2,1-2H3. The van der Waals surface area contributed by atoms with E-state index in [1.807, 2.05) is 12.1 Å². The second-order valence-corrected chi connectivity index (χ2v) is 5.79. The maximum atomic E-state index is 8.89. The first kappa shape index (κ1) is 15.2. The molecule has 1 aliphatic heterocycles. The van der Waals surface area contributed by atoms with Crippen molar-refractivity contribution in [2.75, 3.05) is 11.9 Å². The Balaban J connectivity index is 2.06. The molecule has 20 heavy (non-hydrogen) atoms. The first-order valence-corrected chi connectivity index (χ1v) is 7.60. The van der Waals surface area contributed by atoms with Crippen LogP contribution >= 0.6 is 11.6 Å². The van der Waals surface area contributed by atoms with Gasteiger partial charge in [-0.25, -0.2) is 0 Å². The molecule has 108 valence electrons. The Bertz CT molecular complexity index is 506. The molecule has 0 amide bonds. The largest absolute Gasteiger partial charge is 0.382 e. The summed E-state index contributed by atoms with van der Waals surface area (Å²) < 4.78 is 5.98. The molecule has 2 rings (SSSR count). The van der Waals surface area contributed by atoms with E-state index in [-0.39, 0.29) is 5.60 Å². The van der Waals surface area contributed by atoms with Crippen molar-refractivity contribution < 1.29 is 4.74 Å². The van der Waals surface area contributed by atoms with Crippen LogP contribution in [0.1, 0.15) is 45.1 Å². The quantitative estimate of drug-likeness (QED) is 0.896. The van der Waals surface area contributed by atoms with Gasteiger partial charge in [0.25, 0.3) is 0 Å². The molecule has 1 aromatic rings. The Hall–Kier alpha value is -1.24. The van der Waals surface area contributed by atoms with Gasteiger partial charge in [-0.15, -0.1) is 0 Å². The number of rotatable bonds is 4. The highest BCUT2D eigenvalue weighted by Crippen LogP contribution is 2.33. The molecule has 0 bridgehead atoms. The Morgan fingerprint density at radius 2 is 2.20 bits per heavy atom. The van der Waals surface area contributed by atoms with E-state index in [1.54, 1.807) is 6.07 Å². The summed E-state index contributed by atoms with van der Waals surface area (Å²) in [5.74, 6) is 0. The van der Waals surface area contributed by atoms with Crippen LogP contribution in [0.2, 0.25) is 5.02 Å². The fraction of sp³-hybridized carbons (Fsp3) is 0.562. The van der Waals surface area contributed by atoms with Gasteiger partial charge in [0.2, 0.25) is 0 Å². The van der Waals surface area contributed by atoms with Crippen LogP contribution in [-0.4, -0.2) is 18.2 Å². The van der Waals surface area contributed by atoms with Gasteiger partial charge in [0.05, 0.1) is 16.2 Å². The lowest BCUT2D eigenvalue weighted by Crippen LogP contribution is -2.43. The highest BCUT2D eigenvalue weighted by molar-refractivity contribution is 6.32. The Morgan fingerprint density at radius 3 is 2.80 bits per heavy atom. The topological polar surface area (TPSA) is 45.0 Å². The van der Waals surface area contributed by atoms with Crippen molar-refractivity contribution in [1.82, 2.24) is 0 Å². The lowest BCUT2D eigenvalue weighted by Gasteiger charge is -2.40. The van der Waals surface area contributed by atoms with Crippen molar-refractivity contribution in [3.63, 3.8) is 0 Å². The zero-order chi connectivity index (χ0) is 14.6. The number of halogens is 1. The van der Waals surface area contributed by atoms with Crippen LogP contribution in [-0.2, 0) is 4.74 Å². The highest BCUT2D eigenvalue weighted by atomic mass is 35.5. The van der Waals surface area contributed by atoms with Crippen molar-refractivity contribution in [2.45, 2.75) is 51.2 Å². The molecule has 0 radical (unpaired) electrons. The maximum Gasteiger partial charge on any atom is 0.101 e. The van der Waals surface area contributed by atoms with E-state index >= 15 is 0 Å². The molecule has 0 spiro atoms. The number of hydrogen-bond donors (Lipinski definition) is 1. The summed E-state index contributed by atoms with van der Waals surface area (Å²) in [6.45, 7) is 5.16. The first-order valence-electron chi connectivity index (χ1n) is 7.22. The number of nitrogens with one attached hydrogen (secondary N) is 1. The molecule has 1 atom stereocenters. The van der Waals surface area contributed by atoms with Crippen molar-refractivity contribution in [2.24, 2.45) is 0 Å². The van der Waals surface area contributed by atoms with Crippen molar-refractivity contribution in [3.05, 3.63) is 28.8 Å². The van der Waals surface area contributed by atoms with Crippen molar-refractivity contribution >= 4 is 17.3 Å². The van der Waals surface area contributed by atoms with E-state index in [0.717, 1.165) is 38.0 Å². The number of hydrogen-bond acceptors (Lipinski definition) is 3. The van der Waals surface area contributed by atoms with Gasteiger partial charge in [-0.05, 0) is 43.9 Å². The molecule has 1 unspecified atom stereocenters. The Labute approximate surface area is 125 Å². The third-order valence-corrected chi connectivity index (χ3v) is 4.55. The van der Waals surface area contributed by atoms with Crippen molar-refractivity contribution in [3.8, 4) is 6.07 Å². The van der Waals surface area contributed by atoms with Gasteiger partial charge in [0.15, 0.2) is 0 Å². The number of nitrogens with zero attached hydrogens (tertiary/aromatic N) is 1. The summed E-state index contributed by atoms with van der Waals surface area (Å²) in [6.07, 6.45) is 4.09. The van der Waals surface area contributed by atoms with Crippen LogP contribution in [0.3, 0.4) is 0 Å². The van der Waals surface area contributed by atoms with Gasteiger partial charge in [-0.2, -0.15) is 5.26 Å². The molecule has 1 saturated heterocycles. The second-order valence-electron chi connectivity index (χ2n) is 5.38. The van der Waals surface area contributed by atoms with Crippen LogP contribution in [0.4, 0.5) is 5.69 Å². The molecule has 1 N–H and O–H groups in total. The van der Waals surface area contributed by atoms with E-state index in [2.05, 4.69) is 25.2 Å². The molecule has 0 saturated carbocycles. The van der Waals surface area contributed by atoms with Gasteiger partial charge < -0.3 is 10.1 Å². The summed E-state index contributed by atoms with van der Waals surface area (Å²) in [7, 11) is 0. The zero-order valence-electron chi connectivity index (χ0n) is 12.1. The monoisotopic (exact) mass is 292 g/mol. The predicted octanol–water partition coefficient (Wildman–Crippen LogP) is 4.36. The van der Waals surface area contributed by atoms with Crippen molar-refractivity contribution in [1.29, 1.82) is 5.26 Å². The lowest BCUT2D eigenvalue weighted by molar-refractivity contribution is -0.0864. The van der Waals surface area contributed by atoms with E-state index < -0.39 is 0 Å². The van der Waals surface area contributed by atoms with Gasteiger partial charge in [-0.1, -0.05) is 25.4 Å². The average molecular weight is 293 g/mol. The summed E-state index contributed by atoms with van der Waals surface area (Å²) in [5.41, 5.74) is 1.49. The molecule has 0 aromatic heterocycles.